The van der Waals surface area contributed by atoms with Crippen molar-refractivity contribution in [2.24, 2.45) is 0 Å². The van der Waals surface area contributed by atoms with Gasteiger partial charge in [0.25, 0.3) is 0 Å². The van der Waals surface area contributed by atoms with E-state index in [1.165, 1.54) is 70.2 Å². The highest BCUT2D eigenvalue weighted by atomic mass is 32.1. The van der Waals surface area contributed by atoms with Crippen molar-refractivity contribution in [2.45, 2.75) is 6.92 Å². The van der Waals surface area contributed by atoms with E-state index in [1.54, 1.807) is 0 Å². The van der Waals surface area contributed by atoms with Crippen molar-refractivity contribution >= 4 is 42.9 Å². The van der Waals surface area contributed by atoms with Gasteiger partial charge in [-0.3, -0.25) is 0 Å². The summed E-state index contributed by atoms with van der Waals surface area (Å²) in [5.74, 6) is 0. The molecule has 2 heteroatoms. The van der Waals surface area contributed by atoms with Crippen molar-refractivity contribution < 1.29 is 0 Å². The van der Waals surface area contributed by atoms with Crippen molar-refractivity contribution in [1.82, 2.24) is 0 Å². The summed E-state index contributed by atoms with van der Waals surface area (Å²) in [6, 6.07) is 58.9. The molecule has 0 radical (unpaired) electrons. The molecule has 0 atom stereocenters. The van der Waals surface area contributed by atoms with E-state index >= 15 is 0 Å². The van der Waals surface area contributed by atoms with Gasteiger partial charge < -0.3 is 5.32 Å². The average molecular weight is 594 g/mol. The van der Waals surface area contributed by atoms with Gasteiger partial charge in [-0.15, -0.1) is 11.3 Å². The molecule has 45 heavy (non-hydrogen) atoms. The minimum absolute atomic E-state index is 1.06. The Labute approximate surface area is 268 Å². The Kier molecular flexibility index (Phi) is 6.98. The van der Waals surface area contributed by atoms with Crippen LogP contribution in [0.4, 0.5) is 11.4 Å². The lowest BCUT2D eigenvalue weighted by atomic mass is 9.88. The van der Waals surface area contributed by atoms with Crippen LogP contribution in [0.3, 0.4) is 0 Å². The highest BCUT2D eigenvalue weighted by molar-refractivity contribution is 7.26. The van der Waals surface area contributed by atoms with E-state index in [2.05, 4.69) is 176 Å². The topological polar surface area (TPSA) is 12.0 Å². The predicted molar refractivity (Wildman–Crippen MR) is 196 cm³/mol. The van der Waals surface area contributed by atoms with E-state index in [0.29, 0.717) is 0 Å². The fourth-order valence-corrected chi connectivity index (χ4v) is 7.69. The molecule has 7 aromatic carbocycles. The molecule has 0 aliphatic rings. The number of benzene rings is 7. The van der Waals surface area contributed by atoms with Gasteiger partial charge in [0.15, 0.2) is 0 Å². The van der Waals surface area contributed by atoms with Crippen molar-refractivity contribution in [3.8, 4) is 44.5 Å². The van der Waals surface area contributed by atoms with Crippen LogP contribution >= 0.6 is 11.3 Å². The third-order valence-corrected chi connectivity index (χ3v) is 9.85. The Morgan fingerprint density at radius 3 is 1.71 bits per heavy atom. The Hall–Kier alpha value is -5.44. The molecular weight excluding hydrogens is 563 g/mol. The number of anilines is 2. The largest absolute Gasteiger partial charge is 0.354 e. The Morgan fingerprint density at radius 1 is 0.444 bits per heavy atom. The second-order valence-electron chi connectivity index (χ2n) is 11.4. The SMILES string of the molecule is Cc1ccccc1-c1ccccc1-c1cc2c(sc3ccccc32)c(-c2ccccc2)c1Nc1ccc(-c2ccccc2)cc1. The minimum atomic E-state index is 1.06. The smallest absolute Gasteiger partial charge is 0.0558 e. The van der Waals surface area contributed by atoms with E-state index in [1.807, 2.05) is 11.3 Å². The molecule has 0 aliphatic carbocycles. The summed E-state index contributed by atoms with van der Waals surface area (Å²) in [4.78, 5) is 0. The summed E-state index contributed by atoms with van der Waals surface area (Å²) in [6.45, 7) is 2.20. The summed E-state index contributed by atoms with van der Waals surface area (Å²) >= 11 is 1.87. The predicted octanol–water partition coefficient (Wildman–Crippen LogP) is 12.8. The van der Waals surface area contributed by atoms with Gasteiger partial charge in [-0.1, -0.05) is 140 Å². The molecule has 0 saturated carbocycles. The first-order chi connectivity index (χ1) is 22.2. The van der Waals surface area contributed by atoms with Crippen LogP contribution in [-0.2, 0) is 0 Å². The van der Waals surface area contributed by atoms with E-state index in [9.17, 15) is 0 Å². The van der Waals surface area contributed by atoms with E-state index in [0.717, 1.165) is 11.4 Å². The third kappa shape index (κ3) is 5.00. The van der Waals surface area contributed by atoms with Gasteiger partial charge in [-0.2, -0.15) is 0 Å². The normalized spacial score (nSPS) is 11.2. The van der Waals surface area contributed by atoms with E-state index < -0.39 is 0 Å². The number of fused-ring (bicyclic) bond motifs is 3. The van der Waals surface area contributed by atoms with Crippen LogP contribution < -0.4 is 5.32 Å². The summed E-state index contributed by atoms with van der Waals surface area (Å²) in [5, 5.41) is 6.53. The zero-order chi connectivity index (χ0) is 30.2. The molecule has 8 rings (SSSR count). The summed E-state index contributed by atoms with van der Waals surface area (Å²) in [5.41, 5.74) is 13.2. The van der Waals surface area contributed by atoms with Gasteiger partial charge in [0.2, 0.25) is 0 Å². The van der Waals surface area contributed by atoms with Crippen LogP contribution in [0.5, 0.6) is 0 Å². The molecule has 0 amide bonds. The zero-order valence-corrected chi connectivity index (χ0v) is 25.8. The van der Waals surface area contributed by atoms with Crippen LogP contribution in [0.25, 0.3) is 64.7 Å². The Bertz CT molecular complexity index is 2280. The van der Waals surface area contributed by atoms with Gasteiger partial charge in [0, 0.05) is 37.0 Å². The average Bonchev–Trinajstić information content (AvgIpc) is 3.47. The lowest BCUT2D eigenvalue weighted by Gasteiger charge is -2.21. The van der Waals surface area contributed by atoms with Crippen LogP contribution in [0.1, 0.15) is 5.56 Å². The number of thiophene rings is 1. The first-order valence-corrected chi connectivity index (χ1v) is 16.2. The zero-order valence-electron chi connectivity index (χ0n) is 25.0. The van der Waals surface area contributed by atoms with Gasteiger partial charge in [0.05, 0.1) is 5.69 Å². The molecule has 1 N–H and O–H groups in total. The summed E-state index contributed by atoms with van der Waals surface area (Å²) in [6.07, 6.45) is 0. The fraction of sp³-hybridized carbons (Fsp3) is 0.0233. The molecule has 1 nitrogen and oxygen atoms in total. The van der Waals surface area contributed by atoms with Crippen molar-refractivity contribution in [1.29, 1.82) is 0 Å². The highest BCUT2D eigenvalue weighted by Gasteiger charge is 2.22. The molecule has 0 fully saturated rings. The molecular formula is C43H31NS. The first-order valence-electron chi connectivity index (χ1n) is 15.4. The van der Waals surface area contributed by atoms with Crippen molar-refractivity contribution in [3.63, 3.8) is 0 Å². The molecule has 8 aromatic rings. The number of aryl methyl sites for hydroxylation is 1. The molecule has 0 aliphatic heterocycles. The van der Waals surface area contributed by atoms with Gasteiger partial charge in [0.1, 0.15) is 0 Å². The maximum absolute atomic E-state index is 3.95. The second kappa shape index (κ2) is 11.6. The lowest BCUT2D eigenvalue weighted by Crippen LogP contribution is -1.99. The van der Waals surface area contributed by atoms with Crippen LogP contribution in [-0.4, -0.2) is 0 Å². The highest BCUT2D eigenvalue weighted by Crippen LogP contribution is 2.50. The Balaban J connectivity index is 1.42. The molecule has 214 valence electrons. The molecule has 1 aromatic heterocycles. The quantitative estimate of drug-likeness (QED) is 0.202. The van der Waals surface area contributed by atoms with E-state index in [4.69, 9.17) is 0 Å². The standard InChI is InChI=1S/C43H31NS/c1-29-14-8-9-19-34(29)35-20-10-11-21-36(35)38-28-39-37-22-12-13-23-40(37)45-43(39)41(32-17-6-3-7-18-32)42(38)44-33-26-24-31(25-27-33)30-15-4-2-5-16-30/h2-28,44H,1H3. The molecule has 0 spiro atoms. The van der Waals surface area contributed by atoms with Crippen molar-refractivity contribution in [3.05, 3.63) is 169 Å². The molecule has 0 saturated heterocycles. The number of nitrogens with one attached hydrogen (secondary N) is 1. The van der Waals surface area contributed by atoms with Crippen molar-refractivity contribution in [2.75, 3.05) is 5.32 Å². The second-order valence-corrected chi connectivity index (χ2v) is 12.5. The number of rotatable bonds is 6. The summed E-state index contributed by atoms with van der Waals surface area (Å²) < 4.78 is 2.59. The lowest BCUT2D eigenvalue weighted by molar-refractivity contribution is 1.45. The molecule has 1 heterocycles. The monoisotopic (exact) mass is 593 g/mol. The Morgan fingerprint density at radius 2 is 1.00 bits per heavy atom. The summed E-state index contributed by atoms with van der Waals surface area (Å²) in [7, 11) is 0. The van der Waals surface area contributed by atoms with Crippen LogP contribution in [0.2, 0.25) is 0 Å². The number of hydrogen-bond acceptors (Lipinski definition) is 2. The minimum Gasteiger partial charge on any atom is -0.354 e. The number of hydrogen-bond donors (Lipinski definition) is 1. The van der Waals surface area contributed by atoms with Gasteiger partial charge in [-0.05, 0) is 70.1 Å². The van der Waals surface area contributed by atoms with Crippen LogP contribution in [0.15, 0.2) is 164 Å². The molecule has 0 bridgehead atoms. The maximum Gasteiger partial charge on any atom is 0.0558 e. The van der Waals surface area contributed by atoms with E-state index in [-0.39, 0.29) is 0 Å². The molecule has 0 unspecified atom stereocenters. The van der Waals surface area contributed by atoms with Crippen LogP contribution in [0, 0.1) is 6.92 Å². The van der Waals surface area contributed by atoms with Gasteiger partial charge >= 0.3 is 0 Å². The fourth-order valence-electron chi connectivity index (χ4n) is 6.43. The maximum atomic E-state index is 3.95. The first kappa shape index (κ1) is 27.1. The third-order valence-electron chi connectivity index (χ3n) is 8.65. The van der Waals surface area contributed by atoms with Gasteiger partial charge in [-0.25, -0.2) is 0 Å².